The van der Waals surface area contributed by atoms with E-state index in [1.807, 2.05) is 38.2 Å². The second-order valence-corrected chi connectivity index (χ2v) is 4.01. The maximum Gasteiger partial charge on any atom is 0.250 e. The highest BCUT2D eigenvalue weighted by Crippen LogP contribution is 2.18. The number of carbonyl (C=O) groups is 1. The van der Waals surface area contributed by atoms with E-state index >= 15 is 0 Å². The minimum Gasteiger partial charge on any atom is -0.372 e. The van der Waals surface area contributed by atoms with Crippen molar-refractivity contribution in [3.05, 3.63) is 30.6 Å². The first-order valence-corrected chi connectivity index (χ1v) is 6.02. The third-order valence-electron chi connectivity index (χ3n) is 2.44. The van der Waals surface area contributed by atoms with Gasteiger partial charge < -0.3 is 10.1 Å². The summed E-state index contributed by atoms with van der Waals surface area (Å²) in [7, 11) is 1.81. The van der Waals surface area contributed by atoms with Gasteiger partial charge in [-0.05, 0) is 19.1 Å². The van der Waals surface area contributed by atoms with E-state index in [0.29, 0.717) is 18.1 Å². The molecule has 1 aromatic heterocycles. The van der Waals surface area contributed by atoms with Crippen molar-refractivity contribution in [2.45, 2.75) is 6.92 Å². The summed E-state index contributed by atoms with van der Waals surface area (Å²) >= 11 is 0. The van der Waals surface area contributed by atoms with Gasteiger partial charge >= 0.3 is 0 Å². The minimum absolute atomic E-state index is 0.0581. The average molecular weight is 260 g/mol. The Morgan fingerprint density at radius 3 is 3.00 bits per heavy atom. The summed E-state index contributed by atoms with van der Waals surface area (Å²) in [5.74, 6) is 0.455. The third-order valence-corrected chi connectivity index (χ3v) is 2.44. The number of nitrogens with zero attached hydrogens (tertiary/aromatic N) is 3. The Bertz CT molecular complexity index is 565. The van der Waals surface area contributed by atoms with Gasteiger partial charge in [0.2, 0.25) is 5.91 Å². The van der Waals surface area contributed by atoms with Gasteiger partial charge in [-0.15, -0.1) is 0 Å². The lowest BCUT2D eigenvalue weighted by atomic mass is 10.2. The van der Waals surface area contributed by atoms with Crippen LogP contribution in [0.4, 0.5) is 5.69 Å². The number of hydrogen-bond acceptors (Lipinski definition) is 4. The minimum atomic E-state index is -0.173. The molecule has 0 radical (unpaired) electrons. The van der Waals surface area contributed by atoms with Gasteiger partial charge in [-0.2, -0.15) is 5.10 Å². The Balaban J connectivity index is 2.09. The van der Waals surface area contributed by atoms with Crippen molar-refractivity contribution in [3.8, 4) is 11.4 Å². The Morgan fingerprint density at radius 2 is 2.32 bits per heavy atom. The molecule has 2 aromatic rings. The fraction of sp³-hybridized carbons (Fsp3) is 0.308. The Morgan fingerprint density at radius 1 is 1.47 bits per heavy atom. The number of anilines is 1. The molecule has 0 atom stereocenters. The summed E-state index contributed by atoms with van der Waals surface area (Å²) in [4.78, 5) is 15.7. The van der Waals surface area contributed by atoms with Crippen LogP contribution in [0.5, 0.6) is 0 Å². The van der Waals surface area contributed by atoms with E-state index in [9.17, 15) is 4.79 Å². The van der Waals surface area contributed by atoms with Crippen LogP contribution in [0.25, 0.3) is 11.4 Å². The number of benzene rings is 1. The average Bonchev–Trinajstić information content (AvgIpc) is 2.83. The molecule has 0 bridgehead atoms. The number of aromatic nitrogens is 3. The molecule has 0 saturated heterocycles. The van der Waals surface area contributed by atoms with Crippen molar-refractivity contribution in [2.75, 3.05) is 18.5 Å². The van der Waals surface area contributed by atoms with Gasteiger partial charge in [0.25, 0.3) is 0 Å². The highest BCUT2D eigenvalue weighted by Gasteiger charge is 2.06. The van der Waals surface area contributed by atoms with Gasteiger partial charge in [0.1, 0.15) is 12.9 Å². The fourth-order valence-electron chi connectivity index (χ4n) is 1.60. The van der Waals surface area contributed by atoms with Gasteiger partial charge in [-0.3, -0.25) is 9.48 Å². The predicted octanol–water partition coefficient (Wildman–Crippen LogP) is 1.46. The van der Waals surface area contributed by atoms with Crippen LogP contribution in [0.3, 0.4) is 0 Å². The highest BCUT2D eigenvalue weighted by molar-refractivity contribution is 5.92. The smallest absolute Gasteiger partial charge is 0.250 e. The quantitative estimate of drug-likeness (QED) is 0.883. The number of nitrogens with one attached hydrogen (secondary N) is 1. The largest absolute Gasteiger partial charge is 0.372 e. The molecule has 19 heavy (non-hydrogen) atoms. The van der Waals surface area contributed by atoms with Crippen LogP contribution in [-0.4, -0.2) is 33.9 Å². The van der Waals surface area contributed by atoms with Gasteiger partial charge in [-0.1, -0.05) is 12.1 Å². The molecule has 1 aromatic carbocycles. The second-order valence-electron chi connectivity index (χ2n) is 4.01. The number of hydrogen-bond donors (Lipinski definition) is 1. The first kappa shape index (κ1) is 13.2. The summed E-state index contributed by atoms with van der Waals surface area (Å²) in [6.45, 7) is 2.43. The zero-order chi connectivity index (χ0) is 13.7. The normalized spacial score (nSPS) is 10.4. The van der Waals surface area contributed by atoms with Crippen molar-refractivity contribution >= 4 is 11.6 Å². The molecule has 0 unspecified atom stereocenters. The molecule has 6 heteroatoms. The van der Waals surface area contributed by atoms with Crippen molar-refractivity contribution in [1.82, 2.24) is 14.8 Å². The van der Waals surface area contributed by atoms with Crippen LogP contribution >= 0.6 is 0 Å². The number of carbonyl (C=O) groups excluding carboxylic acids is 1. The molecule has 0 aliphatic heterocycles. The van der Waals surface area contributed by atoms with Crippen LogP contribution < -0.4 is 5.32 Å². The van der Waals surface area contributed by atoms with E-state index < -0.39 is 0 Å². The monoisotopic (exact) mass is 260 g/mol. The first-order valence-electron chi connectivity index (χ1n) is 6.02. The topological polar surface area (TPSA) is 69.0 Å². The van der Waals surface area contributed by atoms with Gasteiger partial charge in [0.05, 0.1) is 0 Å². The molecule has 6 nitrogen and oxygen atoms in total. The standard InChI is InChI=1S/C13H16N4O2/c1-3-19-8-12(18)15-11-6-4-5-10(7-11)13-14-9-17(2)16-13/h4-7,9H,3,8H2,1-2H3,(H,15,18). The molecule has 1 amide bonds. The lowest BCUT2D eigenvalue weighted by molar-refractivity contribution is -0.120. The van der Waals surface area contributed by atoms with Crippen LogP contribution in [-0.2, 0) is 16.6 Å². The Kier molecular flexibility index (Phi) is 4.25. The summed E-state index contributed by atoms with van der Waals surface area (Å²) in [5.41, 5.74) is 1.56. The van der Waals surface area contributed by atoms with Crippen LogP contribution in [0.1, 0.15) is 6.92 Å². The Labute approximate surface area is 111 Å². The summed E-state index contributed by atoms with van der Waals surface area (Å²) in [6, 6.07) is 7.39. The molecule has 0 spiro atoms. The molecule has 2 rings (SSSR count). The van der Waals surface area contributed by atoms with Crippen molar-refractivity contribution < 1.29 is 9.53 Å². The second kappa shape index (κ2) is 6.10. The van der Waals surface area contributed by atoms with E-state index in [1.54, 1.807) is 11.0 Å². The lowest BCUT2D eigenvalue weighted by Crippen LogP contribution is -2.18. The van der Waals surface area contributed by atoms with E-state index in [4.69, 9.17) is 4.74 Å². The van der Waals surface area contributed by atoms with Crippen molar-refractivity contribution in [3.63, 3.8) is 0 Å². The molecule has 0 aliphatic rings. The number of ether oxygens (including phenoxy) is 1. The van der Waals surface area contributed by atoms with Crippen LogP contribution in [0, 0.1) is 0 Å². The SMILES string of the molecule is CCOCC(=O)Nc1cccc(-c2ncn(C)n2)c1. The molecule has 0 saturated carbocycles. The fourth-order valence-corrected chi connectivity index (χ4v) is 1.60. The zero-order valence-electron chi connectivity index (χ0n) is 11.0. The molecular weight excluding hydrogens is 244 g/mol. The number of rotatable bonds is 5. The van der Waals surface area contributed by atoms with Gasteiger partial charge in [-0.25, -0.2) is 4.98 Å². The number of aryl methyl sites for hydroxylation is 1. The molecule has 0 aliphatic carbocycles. The Hall–Kier alpha value is -2.21. The van der Waals surface area contributed by atoms with E-state index in [0.717, 1.165) is 5.56 Å². The van der Waals surface area contributed by atoms with Gasteiger partial charge in [0, 0.05) is 24.9 Å². The number of amides is 1. The molecule has 0 fully saturated rings. The van der Waals surface area contributed by atoms with Gasteiger partial charge in [0.15, 0.2) is 5.82 Å². The van der Waals surface area contributed by atoms with Crippen molar-refractivity contribution in [1.29, 1.82) is 0 Å². The van der Waals surface area contributed by atoms with E-state index in [2.05, 4.69) is 15.4 Å². The molecule has 1 N–H and O–H groups in total. The predicted molar refractivity (Wildman–Crippen MR) is 71.6 cm³/mol. The summed E-state index contributed by atoms with van der Waals surface area (Å²) in [6.07, 6.45) is 1.63. The summed E-state index contributed by atoms with van der Waals surface area (Å²) in [5, 5.41) is 6.99. The van der Waals surface area contributed by atoms with Crippen LogP contribution in [0.2, 0.25) is 0 Å². The maximum absolute atomic E-state index is 11.6. The van der Waals surface area contributed by atoms with E-state index in [-0.39, 0.29) is 12.5 Å². The zero-order valence-corrected chi connectivity index (χ0v) is 11.0. The summed E-state index contributed by atoms with van der Waals surface area (Å²) < 4.78 is 6.68. The molecular formula is C13H16N4O2. The van der Waals surface area contributed by atoms with Crippen molar-refractivity contribution in [2.24, 2.45) is 7.05 Å². The highest BCUT2D eigenvalue weighted by atomic mass is 16.5. The van der Waals surface area contributed by atoms with Crippen LogP contribution in [0.15, 0.2) is 30.6 Å². The molecule has 1 heterocycles. The lowest BCUT2D eigenvalue weighted by Gasteiger charge is -2.06. The maximum atomic E-state index is 11.6. The first-order chi connectivity index (χ1) is 9.19. The third kappa shape index (κ3) is 3.62. The molecule has 100 valence electrons. The van der Waals surface area contributed by atoms with E-state index in [1.165, 1.54) is 0 Å².